The smallest absolute Gasteiger partial charge is 0.303 e. The Balaban J connectivity index is 0.00000364. The number of carboxylic acid groups (broad SMARTS) is 1. The Bertz CT molecular complexity index is 530. The summed E-state index contributed by atoms with van der Waals surface area (Å²) in [6.45, 7) is 4.43. The summed E-state index contributed by atoms with van der Waals surface area (Å²) < 4.78 is 0. The van der Waals surface area contributed by atoms with Crippen LogP contribution in [0.15, 0.2) is 23.8 Å². The maximum Gasteiger partial charge on any atom is 0.303 e. The summed E-state index contributed by atoms with van der Waals surface area (Å²) in [7, 11) is 0. The van der Waals surface area contributed by atoms with Gasteiger partial charge in [0.25, 0.3) is 0 Å². The zero-order chi connectivity index (χ0) is 19.2. The summed E-state index contributed by atoms with van der Waals surface area (Å²) >= 11 is 0. The molecule has 5 atom stereocenters. The van der Waals surface area contributed by atoms with Gasteiger partial charge < -0.3 is 15.3 Å². The van der Waals surface area contributed by atoms with E-state index in [4.69, 9.17) is 5.11 Å². The molecule has 2 radical (unpaired) electrons. The van der Waals surface area contributed by atoms with E-state index in [2.05, 4.69) is 26.0 Å². The molecule has 0 heterocycles. The molecule has 2 aliphatic rings. The van der Waals surface area contributed by atoms with Crippen LogP contribution in [0.4, 0.5) is 0 Å². The zero-order valence-corrected chi connectivity index (χ0v) is 19.3. The fraction of sp³-hybridized carbons (Fsp3) is 0.773. The van der Waals surface area contributed by atoms with Crippen molar-refractivity contribution in [1.82, 2.24) is 0 Å². The van der Waals surface area contributed by atoms with Crippen molar-refractivity contribution >= 4 is 43.7 Å². The summed E-state index contributed by atoms with van der Waals surface area (Å²) in [5.41, 5.74) is 1.54. The number of aliphatic hydroxyl groups excluding tert-OH is 2. The first-order valence-corrected chi connectivity index (χ1v) is 10.3. The number of fused-ring (bicyclic) bond motifs is 1. The first-order valence-electron chi connectivity index (χ1n) is 10.3. The molecule has 27 heavy (non-hydrogen) atoms. The second-order valence-electron chi connectivity index (χ2n) is 8.59. The number of carbonyl (C=O) groups is 1. The summed E-state index contributed by atoms with van der Waals surface area (Å²) in [5.74, 6) is -0.197. The fourth-order valence-corrected chi connectivity index (χ4v) is 4.89. The number of carboxylic acids is 1. The maximum atomic E-state index is 10.6. The molecule has 5 heteroatoms. The van der Waals surface area contributed by atoms with E-state index in [9.17, 15) is 15.0 Å². The molecule has 0 bridgehead atoms. The van der Waals surface area contributed by atoms with Gasteiger partial charge in [0, 0.05) is 50.1 Å². The third-order valence-electron chi connectivity index (χ3n) is 6.28. The van der Waals surface area contributed by atoms with Crippen molar-refractivity contribution in [1.29, 1.82) is 0 Å². The van der Waals surface area contributed by atoms with Gasteiger partial charge in [0.2, 0.25) is 0 Å². The van der Waals surface area contributed by atoms with E-state index < -0.39 is 12.1 Å². The van der Waals surface area contributed by atoms with Crippen LogP contribution in [0.1, 0.15) is 78.1 Å². The Morgan fingerprint density at radius 2 is 2.07 bits per heavy atom. The minimum Gasteiger partial charge on any atom is -0.481 e. The standard InChI is InChI=1S/C22H36O4.Ca/c1-3-4-5-9-17(23)11-12-18-19-13-16(8-6-7-10-21(25)26)14-22(19,2)15-20(18)24;/h8,11-12,17-20,23-24H,3-7,9-10,13-15H2,1-2H3,(H,25,26);/b12-11+,16-8-;/t17-,18+,19+,20+,22-;/m0./s1. The number of aliphatic carboxylic acids is 1. The third kappa shape index (κ3) is 7.47. The van der Waals surface area contributed by atoms with Crippen molar-refractivity contribution in [3.63, 3.8) is 0 Å². The second-order valence-corrected chi connectivity index (χ2v) is 8.59. The van der Waals surface area contributed by atoms with Crippen LogP contribution in [0.2, 0.25) is 0 Å². The number of hydrogen-bond acceptors (Lipinski definition) is 3. The first kappa shape index (κ1) is 25.2. The predicted molar refractivity (Wildman–Crippen MR) is 110 cm³/mol. The Labute approximate surface area is 194 Å². The molecule has 2 fully saturated rings. The van der Waals surface area contributed by atoms with Crippen LogP contribution in [0.25, 0.3) is 0 Å². The van der Waals surface area contributed by atoms with E-state index in [-0.39, 0.29) is 61.6 Å². The number of unbranched alkanes of at least 4 members (excludes halogenated alkanes) is 3. The Hall–Kier alpha value is 0.130. The van der Waals surface area contributed by atoms with E-state index >= 15 is 0 Å². The molecule has 2 rings (SSSR count). The van der Waals surface area contributed by atoms with E-state index in [0.717, 1.165) is 51.4 Å². The van der Waals surface area contributed by atoms with Gasteiger partial charge in [-0.25, -0.2) is 0 Å². The van der Waals surface area contributed by atoms with Crippen LogP contribution >= 0.6 is 0 Å². The van der Waals surface area contributed by atoms with Crippen LogP contribution < -0.4 is 0 Å². The zero-order valence-electron chi connectivity index (χ0n) is 17.1. The minimum absolute atomic E-state index is 0. The Morgan fingerprint density at radius 1 is 1.33 bits per heavy atom. The summed E-state index contributed by atoms with van der Waals surface area (Å²) in [6.07, 6.45) is 14.1. The summed E-state index contributed by atoms with van der Waals surface area (Å²) in [4.78, 5) is 10.6. The van der Waals surface area contributed by atoms with Crippen molar-refractivity contribution in [2.24, 2.45) is 17.3 Å². The molecule has 3 N–H and O–H groups in total. The molecule has 0 aromatic carbocycles. The quantitative estimate of drug-likeness (QED) is 0.291. The van der Waals surface area contributed by atoms with Crippen molar-refractivity contribution in [3.8, 4) is 0 Å². The number of rotatable bonds is 10. The predicted octanol–water partition coefficient (Wildman–Crippen LogP) is 4.08. The van der Waals surface area contributed by atoms with Gasteiger partial charge in [-0.05, 0) is 49.9 Å². The molecule has 150 valence electrons. The van der Waals surface area contributed by atoms with Crippen LogP contribution in [0.5, 0.6) is 0 Å². The van der Waals surface area contributed by atoms with Crippen molar-refractivity contribution in [2.45, 2.75) is 90.3 Å². The van der Waals surface area contributed by atoms with Gasteiger partial charge in [0.1, 0.15) is 0 Å². The van der Waals surface area contributed by atoms with Gasteiger partial charge in [0.05, 0.1) is 12.2 Å². The molecular formula is C22H36CaO4. The summed E-state index contributed by atoms with van der Waals surface area (Å²) in [6, 6.07) is 0. The molecule has 0 aromatic heterocycles. The summed E-state index contributed by atoms with van der Waals surface area (Å²) in [5, 5.41) is 29.4. The van der Waals surface area contributed by atoms with Crippen molar-refractivity contribution in [3.05, 3.63) is 23.8 Å². The molecule has 2 aliphatic carbocycles. The normalized spacial score (nSPS) is 32.6. The van der Waals surface area contributed by atoms with Gasteiger partial charge in [-0.3, -0.25) is 4.79 Å². The largest absolute Gasteiger partial charge is 0.481 e. The van der Waals surface area contributed by atoms with Crippen molar-refractivity contribution < 1.29 is 20.1 Å². The maximum absolute atomic E-state index is 10.6. The SMILES string of the molecule is CCCCC[C@H](O)/C=C/[C@H]1[C@H](O)C[C@]2(C)C/C(=C\CCCC(=O)O)C[C@H]12.[Ca]. The molecule has 0 spiro atoms. The molecule has 4 nitrogen and oxygen atoms in total. The Morgan fingerprint density at radius 3 is 2.74 bits per heavy atom. The fourth-order valence-electron chi connectivity index (χ4n) is 4.89. The minimum atomic E-state index is -0.732. The van der Waals surface area contributed by atoms with Gasteiger partial charge in [0.15, 0.2) is 0 Å². The number of hydrogen-bond donors (Lipinski definition) is 3. The van der Waals surface area contributed by atoms with Crippen molar-refractivity contribution in [2.75, 3.05) is 0 Å². The second kappa shape index (κ2) is 12.0. The van der Waals surface area contributed by atoms with Gasteiger partial charge in [-0.15, -0.1) is 0 Å². The molecule has 0 amide bonds. The van der Waals surface area contributed by atoms with Gasteiger partial charge in [-0.1, -0.05) is 56.9 Å². The topological polar surface area (TPSA) is 77.8 Å². The molecule has 0 unspecified atom stereocenters. The van der Waals surface area contributed by atoms with Crippen LogP contribution in [-0.2, 0) is 4.79 Å². The molecule has 0 saturated heterocycles. The van der Waals surface area contributed by atoms with E-state index in [1.807, 2.05) is 6.08 Å². The molecule has 0 aromatic rings. The van der Waals surface area contributed by atoms with Gasteiger partial charge >= 0.3 is 5.97 Å². The van der Waals surface area contributed by atoms with Crippen LogP contribution in [-0.4, -0.2) is 71.2 Å². The Kier molecular flexibility index (Phi) is 11.2. The number of aliphatic hydroxyl groups is 2. The molecule has 0 aliphatic heterocycles. The first-order chi connectivity index (χ1) is 12.4. The third-order valence-corrected chi connectivity index (χ3v) is 6.28. The molecule has 2 saturated carbocycles. The van der Waals surface area contributed by atoms with Crippen LogP contribution in [0.3, 0.4) is 0 Å². The number of allylic oxidation sites excluding steroid dienone is 2. The van der Waals surface area contributed by atoms with E-state index in [1.54, 1.807) is 0 Å². The average molecular weight is 405 g/mol. The van der Waals surface area contributed by atoms with Gasteiger partial charge in [-0.2, -0.15) is 0 Å². The van der Waals surface area contributed by atoms with E-state index in [0.29, 0.717) is 12.3 Å². The van der Waals surface area contributed by atoms with E-state index in [1.165, 1.54) is 5.57 Å². The average Bonchev–Trinajstić information content (AvgIpc) is 2.99. The van der Waals surface area contributed by atoms with Crippen LogP contribution in [0, 0.1) is 17.3 Å². The monoisotopic (exact) mass is 404 g/mol. The molecular weight excluding hydrogens is 368 g/mol.